The van der Waals surface area contributed by atoms with Gasteiger partial charge >= 0.3 is 0 Å². The Hall–Kier alpha value is -3.11. The quantitative estimate of drug-likeness (QED) is 0.124. The number of hydrogen-bond donors (Lipinski definition) is 4. The summed E-state index contributed by atoms with van der Waals surface area (Å²) in [4.78, 5) is 37.8. The fourth-order valence-corrected chi connectivity index (χ4v) is 6.23. The van der Waals surface area contributed by atoms with Crippen LogP contribution < -0.4 is 10.1 Å². The molecule has 3 atom stereocenters. The van der Waals surface area contributed by atoms with Crippen LogP contribution in [0.4, 0.5) is 0 Å². The molecule has 2 aromatic carbocycles. The summed E-state index contributed by atoms with van der Waals surface area (Å²) in [6, 6.07) is 9.31. The monoisotopic (exact) mass is 611 g/mol. The minimum atomic E-state index is -0.793. The third kappa shape index (κ3) is 9.69. The fraction of sp³-hybridized carbons (Fsp3) is 0.571. The van der Waals surface area contributed by atoms with Crippen molar-refractivity contribution in [2.75, 3.05) is 40.1 Å². The molecule has 0 fully saturated rings. The van der Waals surface area contributed by atoms with E-state index in [0.29, 0.717) is 30.7 Å². The van der Waals surface area contributed by atoms with E-state index >= 15 is 0 Å². The molecule has 0 saturated heterocycles. The van der Waals surface area contributed by atoms with Gasteiger partial charge in [0, 0.05) is 44.3 Å². The van der Waals surface area contributed by atoms with E-state index in [1.54, 1.807) is 13.2 Å². The van der Waals surface area contributed by atoms with E-state index in [-0.39, 0.29) is 54.9 Å². The van der Waals surface area contributed by atoms with Gasteiger partial charge in [0.15, 0.2) is 5.78 Å². The molecular formula is C35H49NO8. The minimum Gasteiger partial charge on any atom is -0.507 e. The molecule has 3 unspecified atom stereocenters. The van der Waals surface area contributed by atoms with Gasteiger partial charge in [0.1, 0.15) is 23.1 Å². The lowest BCUT2D eigenvalue weighted by atomic mass is 9.72. The van der Waals surface area contributed by atoms with Crippen LogP contribution in [0.1, 0.15) is 80.3 Å². The average molecular weight is 612 g/mol. The van der Waals surface area contributed by atoms with Gasteiger partial charge in [-0.2, -0.15) is 0 Å². The SMILES string of the molecule is CCCCOCCCNCc1ccc(OC)c(-c2ccc(O)c3c2CC(CC(CCO)C(CO)C(=O)CC(C)=O)CC3=O)c1. The Morgan fingerprint density at radius 2 is 1.84 bits per heavy atom. The largest absolute Gasteiger partial charge is 0.507 e. The van der Waals surface area contributed by atoms with E-state index in [1.807, 2.05) is 24.3 Å². The molecule has 0 bridgehead atoms. The molecule has 1 aliphatic carbocycles. The first-order chi connectivity index (χ1) is 21.2. The van der Waals surface area contributed by atoms with Gasteiger partial charge in [-0.3, -0.25) is 14.4 Å². The Kier molecular flexibility index (Phi) is 14.5. The van der Waals surface area contributed by atoms with Crippen LogP contribution in [0.3, 0.4) is 0 Å². The van der Waals surface area contributed by atoms with Crippen LogP contribution >= 0.6 is 0 Å². The van der Waals surface area contributed by atoms with E-state index in [2.05, 4.69) is 12.2 Å². The Morgan fingerprint density at radius 1 is 1.07 bits per heavy atom. The van der Waals surface area contributed by atoms with Gasteiger partial charge in [-0.05, 0) is 92.3 Å². The summed E-state index contributed by atoms with van der Waals surface area (Å²) in [7, 11) is 1.60. The number of unbranched alkanes of at least 4 members (excludes halogenated alkanes) is 1. The number of ether oxygens (including phenoxy) is 2. The van der Waals surface area contributed by atoms with Crippen LogP contribution in [-0.2, 0) is 27.3 Å². The van der Waals surface area contributed by atoms with Crippen molar-refractivity contribution < 1.29 is 39.2 Å². The number of benzene rings is 2. The smallest absolute Gasteiger partial charge is 0.167 e. The van der Waals surface area contributed by atoms with Crippen molar-refractivity contribution in [1.29, 1.82) is 0 Å². The third-order valence-corrected chi connectivity index (χ3v) is 8.44. The van der Waals surface area contributed by atoms with Crippen LogP contribution in [0.5, 0.6) is 11.5 Å². The number of aromatic hydroxyl groups is 1. The lowest BCUT2D eigenvalue weighted by Crippen LogP contribution is -2.32. The van der Waals surface area contributed by atoms with E-state index in [0.717, 1.165) is 61.3 Å². The highest BCUT2D eigenvalue weighted by Crippen LogP contribution is 2.43. The van der Waals surface area contributed by atoms with Gasteiger partial charge in [0.25, 0.3) is 0 Å². The summed E-state index contributed by atoms with van der Waals surface area (Å²) >= 11 is 0. The second kappa shape index (κ2) is 18.0. The topological polar surface area (TPSA) is 142 Å². The zero-order chi connectivity index (χ0) is 32.1. The number of carbonyl (C=O) groups excluding carboxylic acids is 3. The molecule has 9 heteroatoms. The van der Waals surface area contributed by atoms with Gasteiger partial charge in [-0.1, -0.05) is 25.5 Å². The van der Waals surface area contributed by atoms with Crippen molar-refractivity contribution >= 4 is 17.3 Å². The molecule has 0 spiro atoms. The zero-order valence-electron chi connectivity index (χ0n) is 26.4. The number of phenols is 1. The summed E-state index contributed by atoms with van der Waals surface area (Å²) in [5, 5.41) is 34.0. The number of methoxy groups -OCH3 is 1. The third-order valence-electron chi connectivity index (χ3n) is 8.44. The first kappa shape index (κ1) is 35.4. The molecule has 44 heavy (non-hydrogen) atoms. The maximum absolute atomic E-state index is 13.4. The van der Waals surface area contributed by atoms with Crippen molar-refractivity contribution in [1.82, 2.24) is 5.32 Å². The van der Waals surface area contributed by atoms with Crippen LogP contribution in [0.2, 0.25) is 0 Å². The second-order valence-electron chi connectivity index (χ2n) is 11.9. The van der Waals surface area contributed by atoms with E-state index in [4.69, 9.17) is 9.47 Å². The molecule has 3 rings (SSSR count). The van der Waals surface area contributed by atoms with E-state index in [1.165, 1.54) is 6.92 Å². The Balaban J connectivity index is 1.84. The van der Waals surface area contributed by atoms with Gasteiger partial charge in [0.2, 0.25) is 0 Å². The van der Waals surface area contributed by atoms with Gasteiger partial charge in [-0.25, -0.2) is 0 Å². The summed E-state index contributed by atoms with van der Waals surface area (Å²) < 4.78 is 11.4. The average Bonchev–Trinajstić information content (AvgIpc) is 2.98. The van der Waals surface area contributed by atoms with Crippen molar-refractivity contribution in [3.63, 3.8) is 0 Å². The summed E-state index contributed by atoms with van der Waals surface area (Å²) in [5.74, 6) is -1.60. The number of ketones is 3. The maximum atomic E-state index is 13.4. The summed E-state index contributed by atoms with van der Waals surface area (Å²) in [6.45, 7) is 5.85. The lowest BCUT2D eigenvalue weighted by molar-refractivity contribution is -0.131. The molecule has 9 nitrogen and oxygen atoms in total. The highest BCUT2D eigenvalue weighted by atomic mass is 16.5. The number of nitrogens with one attached hydrogen (secondary N) is 1. The number of phenolic OH excluding ortho intramolecular Hbond substituents is 1. The molecule has 0 saturated carbocycles. The van der Waals surface area contributed by atoms with Gasteiger partial charge in [-0.15, -0.1) is 0 Å². The molecule has 242 valence electrons. The molecule has 0 aliphatic heterocycles. The van der Waals surface area contributed by atoms with Gasteiger partial charge < -0.3 is 30.1 Å². The van der Waals surface area contributed by atoms with Crippen LogP contribution in [0.15, 0.2) is 30.3 Å². The number of aliphatic hydroxyl groups excluding tert-OH is 2. The highest BCUT2D eigenvalue weighted by Gasteiger charge is 2.35. The number of carbonyl (C=O) groups is 3. The molecule has 2 aromatic rings. The normalized spacial score (nSPS) is 15.9. The predicted molar refractivity (Wildman–Crippen MR) is 169 cm³/mol. The van der Waals surface area contributed by atoms with Crippen molar-refractivity contribution in [3.05, 3.63) is 47.0 Å². The van der Waals surface area contributed by atoms with E-state index < -0.39 is 18.4 Å². The predicted octanol–water partition coefficient (Wildman–Crippen LogP) is 4.65. The number of rotatable bonds is 20. The number of aliphatic hydroxyl groups is 2. The second-order valence-corrected chi connectivity index (χ2v) is 11.9. The van der Waals surface area contributed by atoms with E-state index in [9.17, 15) is 29.7 Å². The minimum absolute atomic E-state index is 0.0677. The molecule has 0 radical (unpaired) electrons. The molecular weight excluding hydrogens is 562 g/mol. The Labute approximate surface area is 261 Å². The molecule has 0 aromatic heterocycles. The molecule has 0 amide bonds. The summed E-state index contributed by atoms with van der Waals surface area (Å²) in [6.07, 6.45) is 4.17. The Bertz CT molecular complexity index is 1260. The number of fused-ring (bicyclic) bond motifs is 1. The summed E-state index contributed by atoms with van der Waals surface area (Å²) in [5.41, 5.74) is 3.68. The first-order valence-electron chi connectivity index (χ1n) is 15.8. The van der Waals surface area contributed by atoms with Crippen molar-refractivity contribution in [2.45, 2.75) is 71.8 Å². The van der Waals surface area contributed by atoms with Crippen molar-refractivity contribution in [2.24, 2.45) is 17.8 Å². The standard InChI is InChI=1S/C35H49NO8/c1-4-5-14-44-15-6-12-36-21-24-7-10-34(43-3)28(18-24)27-8-9-31(40)35-29(27)19-25(20-33(35)42)17-26(11-13-37)30(22-38)32(41)16-23(2)39/h7-10,18,25-26,30,36-38,40H,4-6,11-17,19-22H2,1-3H3. The highest BCUT2D eigenvalue weighted by molar-refractivity contribution is 6.03. The number of hydrogen-bond acceptors (Lipinski definition) is 9. The first-order valence-corrected chi connectivity index (χ1v) is 15.8. The molecule has 1 aliphatic rings. The Morgan fingerprint density at radius 3 is 2.52 bits per heavy atom. The maximum Gasteiger partial charge on any atom is 0.167 e. The van der Waals surface area contributed by atoms with Gasteiger partial charge in [0.05, 0.1) is 25.7 Å². The lowest BCUT2D eigenvalue weighted by Gasteiger charge is -2.32. The number of Topliss-reactive ketones (excluding diaryl/α,β-unsaturated/α-hetero) is 3. The van der Waals surface area contributed by atoms with Crippen LogP contribution in [-0.4, -0.2) is 72.8 Å². The van der Waals surface area contributed by atoms with Crippen LogP contribution in [0.25, 0.3) is 11.1 Å². The molecule has 4 N–H and O–H groups in total. The zero-order valence-corrected chi connectivity index (χ0v) is 26.4. The van der Waals surface area contributed by atoms with Crippen molar-refractivity contribution in [3.8, 4) is 22.6 Å². The molecule has 0 heterocycles. The van der Waals surface area contributed by atoms with Crippen LogP contribution in [0, 0.1) is 17.8 Å². The fourth-order valence-electron chi connectivity index (χ4n) is 6.23.